The topological polar surface area (TPSA) is 43.6 Å². The van der Waals surface area contributed by atoms with E-state index in [1.165, 1.54) is 43.8 Å². The number of rotatable bonds is 4. The van der Waals surface area contributed by atoms with Gasteiger partial charge in [-0.25, -0.2) is 9.97 Å². The van der Waals surface area contributed by atoms with Gasteiger partial charge < -0.3 is 0 Å². The Morgan fingerprint density at radius 3 is 1.62 bits per heavy atom. The maximum Gasteiger partial charge on any atom is 0.146 e. The summed E-state index contributed by atoms with van der Waals surface area (Å²) in [6.07, 6.45) is 5.54. The summed E-state index contributed by atoms with van der Waals surface area (Å²) in [5, 5.41) is 7.13. The highest BCUT2D eigenvalue weighted by molar-refractivity contribution is 6.21. The molecule has 4 heterocycles. The Bertz CT molecular complexity index is 2460. The highest BCUT2D eigenvalue weighted by Gasteiger charge is 2.18. The molecule has 0 bridgehead atoms. The molecule has 9 rings (SSSR count). The maximum absolute atomic E-state index is 4.75. The van der Waals surface area contributed by atoms with Gasteiger partial charge in [-0.1, -0.05) is 91.0 Å². The van der Waals surface area contributed by atoms with Crippen LogP contribution in [0.25, 0.3) is 82.8 Å². The molecule has 4 heteroatoms. The molecular weight excluding hydrogens is 548 g/mol. The molecule has 5 aromatic carbocycles. The molecule has 0 fully saturated rings. The Hall–Kier alpha value is -6.13. The van der Waals surface area contributed by atoms with Crippen molar-refractivity contribution in [1.29, 1.82) is 0 Å². The lowest BCUT2D eigenvalue weighted by molar-refractivity contribution is 1.06. The zero-order valence-electron chi connectivity index (χ0n) is 24.3. The fraction of sp³-hybridized carbons (Fsp3) is 0. The molecule has 9 aromatic rings. The van der Waals surface area contributed by atoms with Gasteiger partial charge in [-0.3, -0.25) is 9.55 Å². The Kier molecular flexibility index (Phi) is 5.78. The second-order valence-electron chi connectivity index (χ2n) is 11.3. The molecule has 0 saturated heterocycles. The molecule has 0 N–H and O–H groups in total. The molecule has 0 spiro atoms. The first-order chi connectivity index (χ1) is 22.3. The molecule has 0 atom stereocenters. The average molecular weight is 575 g/mol. The van der Waals surface area contributed by atoms with Crippen molar-refractivity contribution in [2.75, 3.05) is 0 Å². The molecule has 0 aliphatic rings. The zero-order valence-corrected chi connectivity index (χ0v) is 24.3. The Balaban J connectivity index is 1.20. The van der Waals surface area contributed by atoms with Gasteiger partial charge in [0.2, 0.25) is 0 Å². The predicted molar refractivity (Wildman–Crippen MR) is 185 cm³/mol. The molecule has 210 valence electrons. The highest BCUT2D eigenvalue weighted by Crippen LogP contribution is 2.43. The van der Waals surface area contributed by atoms with Crippen LogP contribution in [0.15, 0.2) is 158 Å². The monoisotopic (exact) mass is 574 g/mol. The lowest BCUT2D eigenvalue weighted by Crippen LogP contribution is -1.97. The SMILES string of the molecule is c1ccc(-c2c3ccccc3c(-c3ccc(-c4ccc5c(c4)c4cccnc4n5-c4ccccn4)cc3)c3ccccc23)nc1. The van der Waals surface area contributed by atoms with Crippen molar-refractivity contribution in [1.82, 2.24) is 19.5 Å². The third kappa shape index (κ3) is 4.04. The van der Waals surface area contributed by atoms with Crippen LogP contribution in [-0.4, -0.2) is 19.5 Å². The third-order valence-electron chi connectivity index (χ3n) is 8.76. The smallest absolute Gasteiger partial charge is 0.146 e. The van der Waals surface area contributed by atoms with Gasteiger partial charge in [-0.05, 0) is 92.3 Å². The molecule has 0 amide bonds. The van der Waals surface area contributed by atoms with Gasteiger partial charge >= 0.3 is 0 Å². The van der Waals surface area contributed by atoms with Crippen LogP contribution < -0.4 is 0 Å². The number of pyridine rings is 3. The van der Waals surface area contributed by atoms with Crippen molar-refractivity contribution in [2.45, 2.75) is 0 Å². The normalized spacial score (nSPS) is 11.6. The molecule has 4 aromatic heterocycles. The second-order valence-corrected chi connectivity index (χ2v) is 11.3. The van der Waals surface area contributed by atoms with Gasteiger partial charge in [0.1, 0.15) is 11.5 Å². The van der Waals surface area contributed by atoms with Crippen molar-refractivity contribution in [3.8, 4) is 39.3 Å². The first-order valence-electron chi connectivity index (χ1n) is 15.1. The van der Waals surface area contributed by atoms with E-state index in [2.05, 4.69) is 119 Å². The lowest BCUT2D eigenvalue weighted by Gasteiger charge is -2.17. The molecule has 0 saturated carbocycles. The van der Waals surface area contributed by atoms with Crippen LogP contribution in [0.3, 0.4) is 0 Å². The molecule has 0 aliphatic heterocycles. The molecule has 0 aliphatic carbocycles. The van der Waals surface area contributed by atoms with E-state index in [0.29, 0.717) is 0 Å². The summed E-state index contributed by atoms with van der Waals surface area (Å²) in [6.45, 7) is 0. The van der Waals surface area contributed by atoms with Crippen molar-refractivity contribution < 1.29 is 0 Å². The number of hydrogen-bond donors (Lipinski definition) is 0. The second kappa shape index (κ2) is 10.2. The molecule has 0 radical (unpaired) electrons. The average Bonchev–Trinajstić information content (AvgIpc) is 3.45. The van der Waals surface area contributed by atoms with Gasteiger partial charge in [0.15, 0.2) is 0 Å². The number of fused-ring (bicyclic) bond motifs is 5. The van der Waals surface area contributed by atoms with Crippen LogP contribution in [0.5, 0.6) is 0 Å². The van der Waals surface area contributed by atoms with Crippen LogP contribution in [0.4, 0.5) is 0 Å². The predicted octanol–water partition coefficient (Wildman–Crippen LogP) is 10.3. The van der Waals surface area contributed by atoms with E-state index < -0.39 is 0 Å². The Morgan fingerprint density at radius 1 is 0.378 bits per heavy atom. The molecule has 45 heavy (non-hydrogen) atoms. The Morgan fingerprint density at radius 2 is 0.956 bits per heavy atom. The van der Waals surface area contributed by atoms with E-state index >= 15 is 0 Å². The van der Waals surface area contributed by atoms with E-state index in [1.807, 2.05) is 48.9 Å². The minimum Gasteiger partial charge on any atom is -0.278 e. The molecule has 4 nitrogen and oxygen atoms in total. The molecule has 0 unspecified atom stereocenters. The largest absolute Gasteiger partial charge is 0.278 e. The summed E-state index contributed by atoms with van der Waals surface area (Å²) in [4.78, 5) is 14.1. The third-order valence-corrected chi connectivity index (χ3v) is 8.76. The van der Waals surface area contributed by atoms with Gasteiger partial charge in [0.05, 0.1) is 11.2 Å². The summed E-state index contributed by atoms with van der Waals surface area (Å²) in [5.41, 5.74) is 8.93. The van der Waals surface area contributed by atoms with E-state index in [0.717, 1.165) is 39.0 Å². The summed E-state index contributed by atoms with van der Waals surface area (Å²) >= 11 is 0. The van der Waals surface area contributed by atoms with Crippen LogP contribution in [-0.2, 0) is 0 Å². The highest BCUT2D eigenvalue weighted by atomic mass is 15.1. The number of nitrogens with zero attached hydrogens (tertiary/aromatic N) is 4. The van der Waals surface area contributed by atoms with Crippen LogP contribution in [0, 0.1) is 0 Å². The van der Waals surface area contributed by atoms with E-state index in [1.54, 1.807) is 0 Å². The van der Waals surface area contributed by atoms with Crippen molar-refractivity contribution >= 4 is 43.5 Å². The fourth-order valence-corrected chi connectivity index (χ4v) is 6.80. The fourth-order valence-electron chi connectivity index (χ4n) is 6.80. The Labute approximate surface area is 259 Å². The zero-order chi connectivity index (χ0) is 29.7. The first-order valence-corrected chi connectivity index (χ1v) is 15.1. The summed E-state index contributed by atoms with van der Waals surface area (Å²) in [7, 11) is 0. The standard InChI is InChI=1S/C41H26N4/c1-3-12-32-30(10-1)39(31-11-2-4-13-33(31)40(32)36-15-5-7-23-42-36)28-19-17-27(18-20-28)29-21-22-37-35(26-29)34-14-9-25-44-41(34)45(37)38-16-6-8-24-43-38/h1-26H. The van der Waals surface area contributed by atoms with E-state index in [9.17, 15) is 0 Å². The van der Waals surface area contributed by atoms with Crippen molar-refractivity contribution in [2.24, 2.45) is 0 Å². The molecular formula is C41H26N4. The number of hydrogen-bond acceptors (Lipinski definition) is 3. The van der Waals surface area contributed by atoms with Crippen LogP contribution in [0.1, 0.15) is 0 Å². The van der Waals surface area contributed by atoms with E-state index in [-0.39, 0.29) is 0 Å². The van der Waals surface area contributed by atoms with E-state index in [4.69, 9.17) is 9.97 Å². The van der Waals surface area contributed by atoms with Gasteiger partial charge in [-0.2, -0.15) is 0 Å². The lowest BCUT2D eigenvalue weighted by atomic mass is 9.87. The van der Waals surface area contributed by atoms with Crippen LogP contribution >= 0.6 is 0 Å². The number of benzene rings is 5. The number of aromatic nitrogens is 4. The first kappa shape index (κ1) is 25.4. The summed E-state index contributed by atoms with van der Waals surface area (Å²) in [6, 6.07) is 49.3. The minimum absolute atomic E-state index is 0.863. The minimum atomic E-state index is 0.863. The maximum atomic E-state index is 4.75. The summed E-state index contributed by atoms with van der Waals surface area (Å²) in [5.74, 6) is 0.863. The van der Waals surface area contributed by atoms with Gasteiger partial charge in [0.25, 0.3) is 0 Å². The summed E-state index contributed by atoms with van der Waals surface area (Å²) < 4.78 is 2.14. The quantitative estimate of drug-likeness (QED) is 0.196. The van der Waals surface area contributed by atoms with Gasteiger partial charge in [0, 0.05) is 34.9 Å². The van der Waals surface area contributed by atoms with Crippen LogP contribution in [0.2, 0.25) is 0 Å². The van der Waals surface area contributed by atoms with Crippen molar-refractivity contribution in [3.05, 3.63) is 158 Å². The van der Waals surface area contributed by atoms with Crippen molar-refractivity contribution in [3.63, 3.8) is 0 Å². The van der Waals surface area contributed by atoms with Gasteiger partial charge in [-0.15, -0.1) is 0 Å².